The second kappa shape index (κ2) is 8.18. The van der Waals surface area contributed by atoms with Crippen molar-refractivity contribution in [3.63, 3.8) is 0 Å². The molecule has 0 radical (unpaired) electrons. The van der Waals surface area contributed by atoms with Gasteiger partial charge in [-0.2, -0.15) is 0 Å². The van der Waals surface area contributed by atoms with Crippen molar-refractivity contribution in [2.24, 2.45) is 11.8 Å². The zero-order valence-corrected chi connectivity index (χ0v) is 12.4. The summed E-state index contributed by atoms with van der Waals surface area (Å²) in [5, 5.41) is 2.87. The van der Waals surface area contributed by atoms with Crippen molar-refractivity contribution in [2.45, 2.75) is 64.8 Å². The molecule has 1 atom stereocenters. The number of esters is 1. The molecule has 0 spiro atoms. The van der Waals surface area contributed by atoms with Crippen molar-refractivity contribution >= 4 is 11.9 Å². The zero-order valence-electron chi connectivity index (χ0n) is 12.4. The van der Waals surface area contributed by atoms with Crippen molar-refractivity contribution in [3.8, 4) is 0 Å². The first-order chi connectivity index (χ1) is 9.06. The van der Waals surface area contributed by atoms with Crippen LogP contribution in [0.2, 0.25) is 0 Å². The number of hydrogen-bond acceptors (Lipinski definition) is 3. The van der Waals surface area contributed by atoms with E-state index >= 15 is 0 Å². The Kier molecular flexibility index (Phi) is 6.89. The van der Waals surface area contributed by atoms with Gasteiger partial charge in [-0.05, 0) is 18.8 Å². The van der Waals surface area contributed by atoms with E-state index in [2.05, 4.69) is 5.32 Å². The van der Waals surface area contributed by atoms with E-state index < -0.39 is 6.04 Å². The Labute approximate surface area is 116 Å². The number of ether oxygens (including phenoxy) is 1. The summed E-state index contributed by atoms with van der Waals surface area (Å²) in [5.41, 5.74) is 0. The lowest BCUT2D eigenvalue weighted by molar-refractivity contribution is -0.147. The summed E-state index contributed by atoms with van der Waals surface area (Å²) in [6.07, 6.45) is 7.83. The molecule has 0 aliphatic heterocycles. The highest BCUT2D eigenvalue weighted by atomic mass is 16.5. The van der Waals surface area contributed by atoms with Crippen LogP contribution in [0.3, 0.4) is 0 Å². The van der Waals surface area contributed by atoms with Gasteiger partial charge in [-0.15, -0.1) is 0 Å². The van der Waals surface area contributed by atoms with Gasteiger partial charge in [0.1, 0.15) is 6.04 Å². The molecule has 1 amide bonds. The molecule has 1 unspecified atom stereocenters. The van der Waals surface area contributed by atoms with Gasteiger partial charge in [0.15, 0.2) is 0 Å². The van der Waals surface area contributed by atoms with E-state index in [0.717, 1.165) is 25.7 Å². The van der Waals surface area contributed by atoms with E-state index in [4.69, 9.17) is 4.74 Å². The Morgan fingerprint density at radius 2 is 1.58 bits per heavy atom. The first-order valence-electron chi connectivity index (χ1n) is 7.44. The maximum atomic E-state index is 12.3. The van der Waals surface area contributed by atoms with Gasteiger partial charge >= 0.3 is 5.97 Å². The largest absolute Gasteiger partial charge is 0.467 e. The molecule has 1 rings (SSSR count). The molecule has 0 saturated heterocycles. The van der Waals surface area contributed by atoms with Crippen LogP contribution in [-0.4, -0.2) is 25.0 Å². The van der Waals surface area contributed by atoms with Crippen LogP contribution < -0.4 is 5.32 Å². The minimum absolute atomic E-state index is 0.0194. The normalized spacial score (nSPS) is 19.4. The standard InChI is InChI=1S/C15H27NO3/c1-11(2)13(15(18)19-3)16-14(17)12-9-7-5-4-6-8-10-12/h11-13H,4-10H2,1-3H3,(H,16,17). The summed E-state index contributed by atoms with van der Waals surface area (Å²) >= 11 is 0. The lowest BCUT2D eigenvalue weighted by Gasteiger charge is -2.24. The van der Waals surface area contributed by atoms with E-state index in [1.54, 1.807) is 0 Å². The molecule has 1 saturated carbocycles. The van der Waals surface area contributed by atoms with E-state index in [-0.39, 0.29) is 23.7 Å². The van der Waals surface area contributed by atoms with Crippen LogP contribution in [0.4, 0.5) is 0 Å². The van der Waals surface area contributed by atoms with E-state index in [9.17, 15) is 9.59 Å². The second-order valence-corrected chi connectivity index (χ2v) is 5.80. The van der Waals surface area contributed by atoms with Crippen LogP contribution in [-0.2, 0) is 14.3 Å². The topological polar surface area (TPSA) is 55.4 Å². The van der Waals surface area contributed by atoms with Gasteiger partial charge in [0.25, 0.3) is 0 Å². The summed E-state index contributed by atoms with van der Waals surface area (Å²) in [6, 6.07) is -0.525. The average Bonchev–Trinajstić information content (AvgIpc) is 2.34. The predicted molar refractivity (Wildman–Crippen MR) is 74.6 cm³/mol. The third kappa shape index (κ3) is 5.21. The maximum Gasteiger partial charge on any atom is 0.328 e. The fourth-order valence-electron chi connectivity index (χ4n) is 2.61. The molecule has 0 aromatic carbocycles. The van der Waals surface area contributed by atoms with Gasteiger partial charge in [0.05, 0.1) is 7.11 Å². The molecule has 1 aliphatic rings. The fraction of sp³-hybridized carbons (Fsp3) is 0.867. The number of amides is 1. The highest BCUT2D eigenvalue weighted by Gasteiger charge is 2.28. The first kappa shape index (κ1) is 16.0. The van der Waals surface area contributed by atoms with Crippen LogP contribution in [0.1, 0.15) is 58.8 Å². The first-order valence-corrected chi connectivity index (χ1v) is 7.44. The Balaban J connectivity index is 2.56. The summed E-state index contributed by atoms with van der Waals surface area (Å²) in [5.74, 6) is -0.226. The smallest absolute Gasteiger partial charge is 0.328 e. The van der Waals surface area contributed by atoms with Crippen LogP contribution >= 0.6 is 0 Å². The van der Waals surface area contributed by atoms with Crippen molar-refractivity contribution < 1.29 is 14.3 Å². The Bertz CT molecular complexity index is 294. The second-order valence-electron chi connectivity index (χ2n) is 5.80. The van der Waals surface area contributed by atoms with Crippen LogP contribution in [0, 0.1) is 11.8 Å². The molecule has 1 N–H and O–H groups in total. The lowest BCUT2D eigenvalue weighted by Crippen LogP contribution is -2.47. The molecule has 0 heterocycles. The predicted octanol–water partition coefficient (Wildman–Crippen LogP) is 2.66. The molecular weight excluding hydrogens is 242 g/mol. The molecule has 4 nitrogen and oxygen atoms in total. The lowest BCUT2D eigenvalue weighted by atomic mass is 9.90. The van der Waals surface area contributed by atoms with Gasteiger partial charge < -0.3 is 10.1 Å². The Morgan fingerprint density at radius 1 is 1.05 bits per heavy atom. The number of methoxy groups -OCH3 is 1. The van der Waals surface area contributed by atoms with Crippen LogP contribution in [0.15, 0.2) is 0 Å². The van der Waals surface area contributed by atoms with Crippen molar-refractivity contribution in [2.75, 3.05) is 7.11 Å². The summed E-state index contributed by atoms with van der Waals surface area (Å²) in [7, 11) is 1.36. The molecular formula is C15H27NO3. The highest BCUT2D eigenvalue weighted by molar-refractivity contribution is 5.85. The molecule has 1 aliphatic carbocycles. The molecule has 110 valence electrons. The minimum Gasteiger partial charge on any atom is -0.467 e. The van der Waals surface area contributed by atoms with E-state index in [0.29, 0.717) is 0 Å². The third-order valence-corrected chi connectivity index (χ3v) is 3.90. The number of rotatable bonds is 4. The highest BCUT2D eigenvalue weighted by Crippen LogP contribution is 2.22. The molecule has 19 heavy (non-hydrogen) atoms. The van der Waals surface area contributed by atoms with Crippen LogP contribution in [0.25, 0.3) is 0 Å². The Morgan fingerprint density at radius 3 is 2.05 bits per heavy atom. The van der Waals surface area contributed by atoms with E-state index in [1.165, 1.54) is 26.4 Å². The van der Waals surface area contributed by atoms with E-state index in [1.807, 2.05) is 13.8 Å². The number of carbonyl (C=O) groups excluding carboxylic acids is 2. The van der Waals surface area contributed by atoms with Gasteiger partial charge in [-0.3, -0.25) is 4.79 Å². The number of carbonyl (C=O) groups is 2. The van der Waals surface area contributed by atoms with Gasteiger partial charge in [-0.25, -0.2) is 4.79 Å². The van der Waals surface area contributed by atoms with Crippen molar-refractivity contribution in [1.82, 2.24) is 5.32 Å². The Hall–Kier alpha value is -1.06. The van der Waals surface area contributed by atoms with Crippen molar-refractivity contribution in [1.29, 1.82) is 0 Å². The number of hydrogen-bond donors (Lipinski definition) is 1. The average molecular weight is 269 g/mol. The molecule has 0 bridgehead atoms. The minimum atomic E-state index is -0.525. The van der Waals surface area contributed by atoms with Gasteiger partial charge in [0.2, 0.25) is 5.91 Å². The summed E-state index contributed by atoms with van der Waals surface area (Å²) < 4.78 is 4.75. The third-order valence-electron chi connectivity index (χ3n) is 3.90. The summed E-state index contributed by atoms with van der Waals surface area (Å²) in [6.45, 7) is 3.83. The maximum absolute atomic E-state index is 12.3. The fourth-order valence-corrected chi connectivity index (χ4v) is 2.61. The molecule has 0 aromatic heterocycles. The van der Waals surface area contributed by atoms with Crippen molar-refractivity contribution in [3.05, 3.63) is 0 Å². The zero-order chi connectivity index (χ0) is 14.3. The SMILES string of the molecule is COC(=O)C(NC(=O)C1CCCCCCC1)C(C)C. The summed E-state index contributed by atoms with van der Waals surface area (Å²) in [4.78, 5) is 23.9. The monoisotopic (exact) mass is 269 g/mol. The van der Waals surface area contributed by atoms with Crippen LogP contribution in [0.5, 0.6) is 0 Å². The number of nitrogens with one attached hydrogen (secondary N) is 1. The van der Waals surface area contributed by atoms with Gasteiger partial charge in [0, 0.05) is 5.92 Å². The quantitative estimate of drug-likeness (QED) is 0.798. The van der Waals surface area contributed by atoms with Gasteiger partial charge in [-0.1, -0.05) is 46.0 Å². The molecule has 0 aromatic rings. The molecule has 1 fully saturated rings. The molecule has 4 heteroatoms.